The molecule has 1 amide bonds. The zero-order chi connectivity index (χ0) is 16.9. The number of fused-ring (bicyclic) bond motifs is 1. The first-order valence-electron chi connectivity index (χ1n) is 8.05. The molecule has 0 bridgehead atoms. The highest BCUT2D eigenvalue weighted by molar-refractivity contribution is 6.30. The minimum atomic E-state index is -0.0727. The van der Waals surface area contributed by atoms with Crippen molar-refractivity contribution in [3.63, 3.8) is 0 Å². The molecule has 0 unspecified atom stereocenters. The van der Waals surface area contributed by atoms with Gasteiger partial charge >= 0.3 is 0 Å². The normalized spacial score (nSPS) is 14.1. The molecule has 1 aliphatic heterocycles. The van der Waals surface area contributed by atoms with Gasteiger partial charge in [0, 0.05) is 11.4 Å². The lowest BCUT2D eigenvalue weighted by atomic mass is 10.1. The predicted octanol–water partition coefficient (Wildman–Crippen LogP) is 3.92. The molecular weight excluding hydrogens is 326 g/mol. The maximum Gasteiger partial charge on any atom is 0.220 e. The van der Waals surface area contributed by atoms with Crippen molar-refractivity contribution in [3.8, 4) is 11.5 Å². The molecule has 126 valence electrons. The maximum absolute atomic E-state index is 12.2. The second-order valence-corrected chi connectivity index (χ2v) is 6.26. The molecular formula is C19H20ClNO3. The molecule has 0 radical (unpaired) electrons. The van der Waals surface area contributed by atoms with Gasteiger partial charge in [-0.1, -0.05) is 29.8 Å². The van der Waals surface area contributed by atoms with Gasteiger partial charge < -0.3 is 14.8 Å². The zero-order valence-corrected chi connectivity index (χ0v) is 14.3. The average Bonchev–Trinajstić information content (AvgIpc) is 2.59. The quantitative estimate of drug-likeness (QED) is 0.893. The Bertz CT molecular complexity index is 732. The van der Waals surface area contributed by atoms with Gasteiger partial charge in [-0.15, -0.1) is 0 Å². The van der Waals surface area contributed by atoms with Crippen molar-refractivity contribution < 1.29 is 14.3 Å². The second kappa shape index (κ2) is 7.58. The summed E-state index contributed by atoms with van der Waals surface area (Å²) in [5, 5.41) is 3.67. The lowest BCUT2D eigenvalue weighted by Crippen LogP contribution is -2.26. The molecule has 2 aromatic rings. The molecule has 0 saturated heterocycles. The number of nitrogens with one attached hydrogen (secondary N) is 1. The molecule has 24 heavy (non-hydrogen) atoms. The Morgan fingerprint density at radius 2 is 1.96 bits per heavy atom. The summed E-state index contributed by atoms with van der Waals surface area (Å²) in [6, 6.07) is 13.3. The van der Waals surface area contributed by atoms with E-state index in [1.54, 1.807) is 0 Å². The van der Waals surface area contributed by atoms with Crippen LogP contribution in [0.3, 0.4) is 0 Å². The van der Waals surface area contributed by atoms with E-state index >= 15 is 0 Å². The van der Waals surface area contributed by atoms with Crippen LogP contribution in [-0.4, -0.2) is 19.1 Å². The fourth-order valence-corrected chi connectivity index (χ4v) is 2.87. The van der Waals surface area contributed by atoms with E-state index in [0.29, 0.717) is 31.1 Å². The Morgan fingerprint density at radius 1 is 1.17 bits per heavy atom. The summed E-state index contributed by atoms with van der Waals surface area (Å²) in [7, 11) is 0. The third kappa shape index (κ3) is 4.20. The summed E-state index contributed by atoms with van der Waals surface area (Å²) in [5.74, 6) is 1.54. The van der Waals surface area contributed by atoms with Crippen molar-refractivity contribution >= 4 is 17.5 Å². The van der Waals surface area contributed by atoms with Gasteiger partial charge in [-0.3, -0.25) is 4.79 Å². The standard InChI is InChI=1S/C19H20ClNO3/c1-13(15-3-2-4-16(20)12-15)21-19(22)8-6-14-5-7-17-18(11-14)24-10-9-23-17/h2-5,7,11-13H,6,8-10H2,1H3,(H,21,22)/t13-/m1/s1. The average molecular weight is 346 g/mol. The molecule has 5 heteroatoms. The number of benzene rings is 2. The molecule has 0 spiro atoms. The Morgan fingerprint density at radius 3 is 2.75 bits per heavy atom. The summed E-state index contributed by atoms with van der Waals surface area (Å²) < 4.78 is 11.1. The van der Waals surface area contributed by atoms with E-state index in [1.165, 1.54) is 0 Å². The Kier molecular flexibility index (Phi) is 5.26. The predicted molar refractivity (Wildman–Crippen MR) is 93.8 cm³/mol. The van der Waals surface area contributed by atoms with Gasteiger partial charge in [-0.25, -0.2) is 0 Å². The van der Waals surface area contributed by atoms with Crippen molar-refractivity contribution in [1.82, 2.24) is 5.32 Å². The molecule has 1 aliphatic rings. The van der Waals surface area contributed by atoms with E-state index in [2.05, 4.69) is 5.32 Å². The summed E-state index contributed by atoms with van der Waals surface area (Å²) in [6.07, 6.45) is 1.08. The Balaban J connectivity index is 1.54. The highest BCUT2D eigenvalue weighted by atomic mass is 35.5. The molecule has 4 nitrogen and oxygen atoms in total. The van der Waals surface area contributed by atoms with Crippen LogP contribution in [0.25, 0.3) is 0 Å². The number of carbonyl (C=O) groups excluding carboxylic acids is 1. The number of halogens is 1. The second-order valence-electron chi connectivity index (χ2n) is 5.82. The van der Waals surface area contributed by atoms with Gasteiger partial charge in [0.2, 0.25) is 5.91 Å². The lowest BCUT2D eigenvalue weighted by Gasteiger charge is -2.19. The van der Waals surface area contributed by atoms with Crippen LogP contribution in [0.15, 0.2) is 42.5 Å². The van der Waals surface area contributed by atoms with Crippen LogP contribution in [0.5, 0.6) is 11.5 Å². The molecule has 1 atom stereocenters. The summed E-state index contributed by atoms with van der Waals surface area (Å²) in [6.45, 7) is 3.10. The number of ether oxygens (including phenoxy) is 2. The molecule has 1 heterocycles. The first-order valence-corrected chi connectivity index (χ1v) is 8.43. The molecule has 2 aromatic carbocycles. The van der Waals surface area contributed by atoms with E-state index in [0.717, 1.165) is 22.6 Å². The van der Waals surface area contributed by atoms with Gasteiger partial charge in [-0.2, -0.15) is 0 Å². The van der Waals surface area contributed by atoms with Gasteiger partial charge in [-0.05, 0) is 48.7 Å². The number of carbonyl (C=O) groups is 1. The number of rotatable bonds is 5. The Labute approximate surface area is 146 Å². The minimum absolute atomic E-state index is 0.0114. The number of hydrogen-bond acceptors (Lipinski definition) is 3. The summed E-state index contributed by atoms with van der Waals surface area (Å²) >= 11 is 5.99. The first kappa shape index (κ1) is 16.7. The van der Waals surface area contributed by atoms with E-state index in [1.807, 2.05) is 49.4 Å². The van der Waals surface area contributed by atoms with Crippen LogP contribution < -0.4 is 14.8 Å². The maximum atomic E-state index is 12.2. The molecule has 0 aromatic heterocycles. The third-order valence-corrected chi connectivity index (χ3v) is 4.21. The van der Waals surface area contributed by atoms with E-state index in [4.69, 9.17) is 21.1 Å². The van der Waals surface area contributed by atoms with Crippen LogP contribution in [0, 0.1) is 0 Å². The van der Waals surface area contributed by atoms with Crippen molar-refractivity contribution in [2.45, 2.75) is 25.8 Å². The fourth-order valence-electron chi connectivity index (χ4n) is 2.67. The van der Waals surface area contributed by atoms with Crippen LogP contribution in [-0.2, 0) is 11.2 Å². The van der Waals surface area contributed by atoms with E-state index < -0.39 is 0 Å². The smallest absolute Gasteiger partial charge is 0.220 e. The summed E-state index contributed by atoms with van der Waals surface area (Å²) in [4.78, 5) is 12.2. The third-order valence-electron chi connectivity index (χ3n) is 3.97. The SMILES string of the molecule is C[C@@H](NC(=O)CCc1ccc2c(c1)OCCO2)c1cccc(Cl)c1. The highest BCUT2D eigenvalue weighted by Gasteiger charge is 2.13. The molecule has 0 aliphatic carbocycles. The van der Waals surface area contributed by atoms with Crippen molar-refractivity contribution in [1.29, 1.82) is 0 Å². The number of amides is 1. The van der Waals surface area contributed by atoms with Gasteiger partial charge in [0.05, 0.1) is 6.04 Å². The van der Waals surface area contributed by atoms with Crippen LogP contribution >= 0.6 is 11.6 Å². The van der Waals surface area contributed by atoms with E-state index in [-0.39, 0.29) is 11.9 Å². The van der Waals surface area contributed by atoms with Crippen molar-refractivity contribution in [2.75, 3.05) is 13.2 Å². The molecule has 3 rings (SSSR count). The summed E-state index contributed by atoms with van der Waals surface area (Å²) in [5.41, 5.74) is 2.06. The number of hydrogen-bond donors (Lipinski definition) is 1. The van der Waals surface area contributed by atoms with Crippen LogP contribution in [0.1, 0.15) is 30.5 Å². The fraction of sp³-hybridized carbons (Fsp3) is 0.316. The highest BCUT2D eigenvalue weighted by Crippen LogP contribution is 2.31. The number of aryl methyl sites for hydroxylation is 1. The van der Waals surface area contributed by atoms with Gasteiger partial charge in [0.15, 0.2) is 11.5 Å². The topological polar surface area (TPSA) is 47.6 Å². The zero-order valence-electron chi connectivity index (χ0n) is 13.5. The molecule has 0 fully saturated rings. The van der Waals surface area contributed by atoms with Crippen LogP contribution in [0.2, 0.25) is 5.02 Å². The van der Waals surface area contributed by atoms with Gasteiger partial charge in [0.1, 0.15) is 13.2 Å². The van der Waals surface area contributed by atoms with Gasteiger partial charge in [0.25, 0.3) is 0 Å². The van der Waals surface area contributed by atoms with Crippen LogP contribution in [0.4, 0.5) is 0 Å². The minimum Gasteiger partial charge on any atom is -0.486 e. The first-order chi connectivity index (χ1) is 11.6. The molecule has 0 saturated carbocycles. The Hall–Kier alpha value is -2.20. The molecule has 1 N–H and O–H groups in total. The van der Waals surface area contributed by atoms with Crippen molar-refractivity contribution in [3.05, 3.63) is 58.6 Å². The lowest BCUT2D eigenvalue weighted by molar-refractivity contribution is -0.121. The van der Waals surface area contributed by atoms with E-state index in [9.17, 15) is 4.79 Å². The monoisotopic (exact) mass is 345 g/mol. The largest absolute Gasteiger partial charge is 0.486 e. The van der Waals surface area contributed by atoms with Crippen molar-refractivity contribution in [2.24, 2.45) is 0 Å².